The molecule has 0 radical (unpaired) electrons. The molecule has 32 heavy (non-hydrogen) atoms. The second kappa shape index (κ2) is 7.23. The molecule has 7 nitrogen and oxygen atoms in total. The minimum Gasteiger partial charge on any atom is -0.481 e. The number of aliphatic hydroxyl groups is 3. The van der Waals surface area contributed by atoms with Crippen LogP contribution in [0.4, 0.5) is 0 Å². The van der Waals surface area contributed by atoms with Crippen molar-refractivity contribution >= 4 is 29.1 Å². The van der Waals surface area contributed by atoms with Gasteiger partial charge >= 0.3 is 5.97 Å². The first-order chi connectivity index (χ1) is 14.7. The average molecular weight is 467 g/mol. The Hall–Kier alpha value is -1.54. The molecule has 1 unspecified atom stereocenters. The fourth-order valence-corrected chi connectivity index (χ4v) is 8.11. The molecule has 4 aliphatic rings. The summed E-state index contributed by atoms with van der Waals surface area (Å²) in [4.78, 5) is 35.1. The zero-order valence-electron chi connectivity index (χ0n) is 18.5. The lowest BCUT2D eigenvalue weighted by atomic mass is 9.45. The molecule has 0 amide bonds. The first-order valence-electron chi connectivity index (χ1n) is 11.2. The van der Waals surface area contributed by atoms with Gasteiger partial charge in [0.2, 0.25) is 0 Å². The minimum absolute atomic E-state index is 0.0225. The summed E-state index contributed by atoms with van der Waals surface area (Å²) < 4.78 is 0. The number of halogens is 1. The van der Waals surface area contributed by atoms with Gasteiger partial charge in [-0.3, -0.25) is 14.4 Å². The summed E-state index contributed by atoms with van der Waals surface area (Å²) >= 11 is 7.32. The maximum absolute atomic E-state index is 13.2. The lowest BCUT2D eigenvalue weighted by molar-refractivity contribution is -0.185. The maximum Gasteiger partial charge on any atom is 0.306 e. The zero-order chi connectivity index (χ0) is 23.9. The molecule has 0 saturated heterocycles. The molecule has 0 spiro atoms. The quantitative estimate of drug-likeness (QED) is 0.466. The van der Waals surface area contributed by atoms with Crippen LogP contribution in [-0.4, -0.2) is 60.6 Å². The number of hydrogen-bond acceptors (Lipinski definition) is 6. The molecule has 0 aromatic carbocycles. The number of aliphatic hydroxyl groups excluding tert-OH is 2. The smallest absolute Gasteiger partial charge is 0.306 e. The van der Waals surface area contributed by atoms with Gasteiger partial charge in [-0.1, -0.05) is 32.4 Å². The van der Waals surface area contributed by atoms with Gasteiger partial charge in [0.1, 0.15) is 11.7 Å². The first kappa shape index (κ1) is 23.6. The van der Waals surface area contributed by atoms with Crippen LogP contribution in [0, 0.1) is 28.6 Å². The van der Waals surface area contributed by atoms with Crippen LogP contribution in [-0.2, 0) is 14.4 Å². The number of carboxylic acid groups (broad SMARTS) is 1. The Morgan fingerprint density at radius 3 is 2.56 bits per heavy atom. The fourth-order valence-electron chi connectivity index (χ4n) is 7.58. The van der Waals surface area contributed by atoms with E-state index in [4.69, 9.17) is 16.7 Å². The van der Waals surface area contributed by atoms with Gasteiger partial charge in [-0.15, -0.1) is 11.6 Å². The van der Waals surface area contributed by atoms with Crippen LogP contribution in [0.15, 0.2) is 23.8 Å². The van der Waals surface area contributed by atoms with Crippen molar-refractivity contribution in [2.75, 3.05) is 0 Å². The van der Waals surface area contributed by atoms with Crippen LogP contribution in [0.25, 0.3) is 0 Å². The molecule has 3 fully saturated rings. The lowest BCUT2D eigenvalue weighted by Gasteiger charge is -2.64. The third-order valence-electron chi connectivity index (χ3n) is 9.27. The summed E-state index contributed by atoms with van der Waals surface area (Å²) in [5, 5.41) is 42.5. The fraction of sp³-hybridized carbons (Fsp3) is 0.708. The molecular formula is C24H31ClO7. The largest absolute Gasteiger partial charge is 0.481 e. The monoisotopic (exact) mass is 466 g/mol. The van der Waals surface area contributed by atoms with Gasteiger partial charge < -0.3 is 20.4 Å². The molecule has 4 N–H and O–H groups in total. The van der Waals surface area contributed by atoms with Crippen LogP contribution in [0.3, 0.4) is 0 Å². The number of carboxylic acids is 1. The highest BCUT2D eigenvalue weighted by molar-refractivity contribution is 6.26. The van der Waals surface area contributed by atoms with Gasteiger partial charge in [0.25, 0.3) is 0 Å². The summed E-state index contributed by atoms with van der Waals surface area (Å²) in [6, 6.07) is 0. The van der Waals surface area contributed by atoms with Crippen molar-refractivity contribution in [3.8, 4) is 0 Å². The van der Waals surface area contributed by atoms with Gasteiger partial charge in [0.05, 0.1) is 17.4 Å². The molecule has 0 aromatic rings. The Kier molecular flexibility index (Phi) is 5.33. The Morgan fingerprint density at radius 2 is 1.94 bits per heavy atom. The number of carbonyl (C=O) groups excluding carboxylic acids is 2. The molecule has 0 heterocycles. The number of allylic oxidation sites excluding steroid dienone is 4. The van der Waals surface area contributed by atoms with Crippen molar-refractivity contribution in [1.29, 1.82) is 0 Å². The highest BCUT2D eigenvalue weighted by Crippen LogP contribution is 2.71. The van der Waals surface area contributed by atoms with Crippen LogP contribution in [0.5, 0.6) is 0 Å². The van der Waals surface area contributed by atoms with E-state index in [2.05, 4.69) is 0 Å². The second-order valence-electron chi connectivity index (χ2n) is 10.6. The van der Waals surface area contributed by atoms with Crippen molar-refractivity contribution in [1.82, 2.24) is 0 Å². The van der Waals surface area contributed by atoms with E-state index in [1.54, 1.807) is 26.0 Å². The second-order valence-corrected chi connectivity index (χ2v) is 11.3. The van der Waals surface area contributed by atoms with Crippen molar-refractivity contribution in [3.05, 3.63) is 23.8 Å². The predicted octanol–water partition coefficient (Wildman–Crippen LogP) is 2.01. The summed E-state index contributed by atoms with van der Waals surface area (Å²) in [6.45, 7) is 5.41. The highest BCUT2D eigenvalue weighted by Gasteiger charge is 2.75. The molecule has 8 heteroatoms. The van der Waals surface area contributed by atoms with Crippen LogP contribution in [0.1, 0.15) is 52.9 Å². The van der Waals surface area contributed by atoms with E-state index < -0.39 is 57.6 Å². The van der Waals surface area contributed by atoms with Gasteiger partial charge in [0.15, 0.2) is 11.6 Å². The van der Waals surface area contributed by atoms with E-state index in [1.165, 1.54) is 6.08 Å². The number of fused-ring (bicyclic) bond motifs is 5. The van der Waals surface area contributed by atoms with Crippen LogP contribution >= 0.6 is 11.6 Å². The number of ketones is 2. The summed E-state index contributed by atoms with van der Waals surface area (Å²) in [5.41, 5.74) is -2.94. The molecule has 4 rings (SSSR count). The highest BCUT2D eigenvalue weighted by atomic mass is 35.5. The van der Waals surface area contributed by atoms with Crippen LogP contribution in [0.2, 0.25) is 0 Å². The summed E-state index contributed by atoms with van der Waals surface area (Å²) in [6.07, 6.45) is 2.84. The molecule has 176 valence electrons. The zero-order valence-corrected chi connectivity index (χ0v) is 19.3. The van der Waals surface area contributed by atoms with E-state index >= 15 is 0 Å². The van der Waals surface area contributed by atoms with E-state index in [0.717, 1.165) is 5.57 Å². The van der Waals surface area contributed by atoms with E-state index in [-0.39, 0.29) is 24.0 Å². The lowest BCUT2D eigenvalue weighted by Crippen LogP contribution is -2.69. The number of carbonyl (C=O) groups is 3. The van der Waals surface area contributed by atoms with Gasteiger partial charge in [-0.25, -0.2) is 0 Å². The first-order valence-corrected chi connectivity index (χ1v) is 11.6. The van der Waals surface area contributed by atoms with E-state index in [9.17, 15) is 29.7 Å². The average Bonchev–Trinajstić information content (AvgIpc) is 2.90. The predicted molar refractivity (Wildman–Crippen MR) is 116 cm³/mol. The van der Waals surface area contributed by atoms with E-state index in [0.29, 0.717) is 19.3 Å². The minimum atomic E-state index is -1.98. The Bertz CT molecular complexity index is 943. The molecule has 0 aliphatic heterocycles. The summed E-state index contributed by atoms with van der Waals surface area (Å²) in [7, 11) is 0. The van der Waals surface area contributed by atoms with E-state index in [1.807, 2.05) is 6.92 Å². The van der Waals surface area contributed by atoms with Crippen molar-refractivity contribution < 1.29 is 34.8 Å². The number of aliphatic carboxylic acids is 1. The standard InChI is InChI=1S/C24H31ClO7/c1-12-8-16-15-5-4-13-9-14(26)6-7-21(13,2)23(15,25)18(28)11-22(16,3)24(12,32)20(31)17(27)10-19(29)30/h6-7,9,12,15-18,27-28,32H,4-5,8,10-11H2,1-3H3,(H,29,30)/t12-,15+,16+,17?,18+,21+,22+,23+,24+/m1/s1. The Morgan fingerprint density at radius 1 is 1.28 bits per heavy atom. The third-order valence-corrected chi connectivity index (χ3v) is 10.2. The summed E-state index contributed by atoms with van der Waals surface area (Å²) in [5.74, 6) is -3.37. The number of Topliss-reactive ketones (excluding diaryl/α,β-unsaturated/α-hetero) is 1. The number of alkyl halides is 1. The normalized spacial score (nSPS) is 48.3. The van der Waals surface area contributed by atoms with Gasteiger partial charge in [-0.05, 0) is 55.6 Å². The van der Waals surface area contributed by atoms with Crippen molar-refractivity contribution in [2.45, 2.75) is 75.6 Å². The molecular weight excluding hydrogens is 436 g/mol. The molecule has 9 atom stereocenters. The SMILES string of the molecule is C[C@@H]1C[C@H]2[C@@H]3CCC4=CC(=O)C=C[C@]4(C)[C@@]3(Cl)[C@@H](O)C[C@]2(C)[C@@]1(O)C(=O)C(O)CC(=O)O. The topological polar surface area (TPSA) is 132 Å². The number of hydrogen-bond donors (Lipinski definition) is 4. The van der Waals surface area contributed by atoms with Crippen molar-refractivity contribution in [3.63, 3.8) is 0 Å². The maximum atomic E-state index is 13.2. The Balaban J connectivity index is 1.77. The molecule has 3 saturated carbocycles. The van der Waals surface area contributed by atoms with Crippen molar-refractivity contribution in [2.24, 2.45) is 28.6 Å². The molecule has 0 aromatic heterocycles. The van der Waals surface area contributed by atoms with Gasteiger partial charge in [-0.2, -0.15) is 0 Å². The Labute approximate surface area is 192 Å². The van der Waals surface area contributed by atoms with Crippen LogP contribution < -0.4 is 0 Å². The molecule has 0 bridgehead atoms. The molecule has 4 aliphatic carbocycles. The number of rotatable bonds is 4. The van der Waals surface area contributed by atoms with Gasteiger partial charge in [0, 0.05) is 10.8 Å². The third kappa shape index (κ3) is 2.74.